The Labute approximate surface area is 160 Å². The second-order valence-electron chi connectivity index (χ2n) is 5.51. The molecule has 0 saturated carbocycles. The van der Waals surface area contributed by atoms with Crippen LogP contribution >= 0.6 is 12.4 Å². The van der Waals surface area contributed by atoms with Crippen molar-refractivity contribution < 1.29 is 22.7 Å². The summed E-state index contributed by atoms with van der Waals surface area (Å²) < 4.78 is 37.6. The molecule has 1 aromatic carbocycles. The maximum absolute atomic E-state index is 12.8. The number of halogens is 1. The number of rotatable bonds is 8. The molecule has 0 unspecified atom stereocenters. The zero-order valence-corrected chi connectivity index (χ0v) is 16.6. The second-order valence-corrected chi connectivity index (χ2v) is 7.45. The standard InChI is InChI=1S/C16H25N3O5S.ClH/c1-3-24-15-5-4-13(12-14(15)18-16(20)6-7-17-2)25(21,22)19-8-10-23-11-9-19;/h4-5,12,17H,3,6-11H2,1-2H3,(H,18,20);1H. The Morgan fingerprint density at radius 1 is 1.31 bits per heavy atom. The topological polar surface area (TPSA) is 97.0 Å². The lowest BCUT2D eigenvalue weighted by Gasteiger charge is -2.26. The van der Waals surface area contributed by atoms with Gasteiger partial charge in [0.1, 0.15) is 5.75 Å². The van der Waals surface area contributed by atoms with Crippen LogP contribution in [-0.2, 0) is 19.6 Å². The number of nitrogens with one attached hydrogen (secondary N) is 2. The van der Waals surface area contributed by atoms with Crippen molar-refractivity contribution in [1.29, 1.82) is 0 Å². The van der Waals surface area contributed by atoms with E-state index in [1.165, 1.54) is 16.4 Å². The van der Waals surface area contributed by atoms with Crippen LogP contribution in [0.4, 0.5) is 5.69 Å². The lowest BCUT2D eigenvalue weighted by Crippen LogP contribution is -2.40. The van der Waals surface area contributed by atoms with E-state index in [1.54, 1.807) is 13.1 Å². The molecule has 2 N–H and O–H groups in total. The number of morpholine rings is 1. The predicted molar refractivity (Wildman–Crippen MR) is 102 cm³/mol. The summed E-state index contributed by atoms with van der Waals surface area (Å²) >= 11 is 0. The zero-order chi connectivity index (χ0) is 18.3. The molecule has 0 aromatic heterocycles. The van der Waals surface area contributed by atoms with E-state index in [4.69, 9.17) is 9.47 Å². The summed E-state index contributed by atoms with van der Waals surface area (Å²) in [4.78, 5) is 12.1. The third-order valence-electron chi connectivity index (χ3n) is 3.73. The number of sulfonamides is 1. The zero-order valence-electron chi connectivity index (χ0n) is 15.0. The summed E-state index contributed by atoms with van der Waals surface area (Å²) in [5.41, 5.74) is 0.359. The predicted octanol–water partition coefficient (Wildman–Crippen LogP) is 1.08. The first-order valence-electron chi connectivity index (χ1n) is 8.28. The SMILES string of the molecule is CCOc1ccc(S(=O)(=O)N2CCOCC2)cc1NC(=O)CCNC.Cl. The quantitative estimate of drug-likeness (QED) is 0.669. The van der Waals surface area contributed by atoms with E-state index in [2.05, 4.69) is 10.6 Å². The van der Waals surface area contributed by atoms with Crippen molar-refractivity contribution >= 4 is 34.0 Å². The molecule has 148 valence electrons. The van der Waals surface area contributed by atoms with Crippen molar-refractivity contribution in [2.75, 3.05) is 51.8 Å². The first-order valence-corrected chi connectivity index (χ1v) is 9.72. The number of amides is 1. The smallest absolute Gasteiger partial charge is 0.243 e. The van der Waals surface area contributed by atoms with E-state index >= 15 is 0 Å². The molecule has 1 aromatic rings. The molecule has 1 aliphatic heterocycles. The van der Waals surface area contributed by atoms with E-state index < -0.39 is 10.0 Å². The van der Waals surface area contributed by atoms with Crippen LogP contribution in [0, 0.1) is 0 Å². The molecule has 1 amide bonds. The maximum Gasteiger partial charge on any atom is 0.243 e. The largest absolute Gasteiger partial charge is 0.492 e. The molecule has 0 spiro atoms. The lowest BCUT2D eigenvalue weighted by molar-refractivity contribution is -0.116. The number of hydrogen-bond acceptors (Lipinski definition) is 6. The first kappa shape index (κ1) is 22.7. The second kappa shape index (κ2) is 10.7. The lowest BCUT2D eigenvalue weighted by atomic mass is 10.2. The molecule has 1 heterocycles. The number of ether oxygens (including phenoxy) is 2. The van der Waals surface area contributed by atoms with Gasteiger partial charge < -0.3 is 20.1 Å². The average Bonchev–Trinajstić information content (AvgIpc) is 2.62. The molecule has 0 aliphatic carbocycles. The molecule has 0 radical (unpaired) electrons. The van der Waals surface area contributed by atoms with Gasteiger partial charge in [-0.2, -0.15) is 4.31 Å². The van der Waals surface area contributed by atoms with Crippen LogP contribution in [0.5, 0.6) is 5.75 Å². The highest BCUT2D eigenvalue weighted by Crippen LogP contribution is 2.29. The minimum Gasteiger partial charge on any atom is -0.492 e. The Bertz CT molecular complexity index is 693. The number of nitrogens with zero attached hydrogens (tertiary/aromatic N) is 1. The van der Waals surface area contributed by atoms with Gasteiger partial charge in [0.25, 0.3) is 0 Å². The highest BCUT2D eigenvalue weighted by Gasteiger charge is 2.27. The average molecular weight is 408 g/mol. The van der Waals surface area contributed by atoms with Crippen molar-refractivity contribution in [3.63, 3.8) is 0 Å². The van der Waals surface area contributed by atoms with Crippen LogP contribution in [0.3, 0.4) is 0 Å². The Hall–Kier alpha value is -1.39. The first-order chi connectivity index (χ1) is 12.0. The molecular weight excluding hydrogens is 382 g/mol. The Morgan fingerprint density at radius 2 is 2.00 bits per heavy atom. The van der Waals surface area contributed by atoms with E-state index in [9.17, 15) is 13.2 Å². The molecule has 0 atom stereocenters. The van der Waals surface area contributed by atoms with Gasteiger partial charge in [0.05, 0.1) is 30.4 Å². The van der Waals surface area contributed by atoms with Crippen LogP contribution in [0.1, 0.15) is 13.3 Å². The van der Waals surface area contributed by atoms with Gasteiger partial charge in [-0.25, -0.2) is 8.42 Å². The van der Waals surface area contributed by atoms with Gasteiger partial charge in [-0.05, 0) is 32.2 Å². The van der Waals surface area contributed by atoms with Gasteiger partial charge in [0.15, 0.2) is 0 Å². The van der Waals surface area contributed by atoms with Crippen LogP contribution < -0.4 is 15.4 Å². The van der Waals surface area contributed by atoms with E-state index in [0.29, 0.717) is 50.9 Å². The van der Waals surface area contributed by atoms with Crippen molar-refractivity contribution in [3.8, 4) is 5.75 Å². The summed E-state index contributed by atoms with van der Waals surface area (Å²) in [6.45, 7) is 4.16. The number of carbonyl (C=O) groups is 1. The monoisotopic (exact) mass is 407 g/mol. The third kappa shape index (κ3) is 5.82. The Balaban J connectivity index is 0.00000338. The number of carbonyl (C=O) groups excluding carboxylic acids is 1. The van der Waals surface area contributed by atoms with Crippen LogP contribution in [0.25, 0.3) is 0 Å². The highest BCUT2D eigenvalue weighted by atomic mass is 35.5. The molecule has 26 heavy (non-hydrogen) atoms. The van der Waals surface area contributed by atoms with Gasteiger partial charge >= 0.3 is 0 Å². The number of hydrogen-bond donors (Lipinski definition) is 2. The summed E-state index contributed by atoms with van der Waals surface area (Å²) in [6, 6.07) is 4.52. The summed E-state index contributed by atoms with van der Waals surface area (Å²) in [6.07, 6.45) is 0.280. The summed E-state index contributed by atoms with van der Waals surface area (Å²) in [5, 5.41) is 5.63. The fourth-order valence-electron chi connectivity index (χ4n) is 2.44. The van der Waals surface area contributed by atoms with Crippen LogP contribution in [0.2, 0.25) is 0 Å². The van der Waals surface area contributed by atoms with Gasteiger partial charge in [-0.1, -0.05) is 0 Å². The minimum absolute atomic E-state index is 0. The van der Waals surface area contributed by atoms with Gasteiger partial charge in [0, 0.05) is 26.1 Å². The van der Waals surface area contributed by atoms with Crippen LogP contribution in [-0.4, -0.2) is 65.1 Å². The van der Waals surface area contributed by atoms with Crippen molar-refractivity contribution in [2.24, 2.45) is 0 Å². The maximum atomic E-state index is 12.8. The van der Waals surface area contributed by atoms with Crippen molar-refractivity contribution in [3.05, 3.63) is 18.2 Å². The van der Waals surface area contributed by atoms with E-state index in [1.807, 2.05) is 6.92 Å². The molecule has 0 bridgehead atoms. The summed E-state index contributed by atoms with van der Waals surface area (Å²) in [5.74, 6) is 0.234. The third-order valence-corrected chi connectivity index (χ3v) is 5.63. The van der Waals surface area contributed by atoms with Crippen LogP contribution in [0.15, 0.2) is 23.1 Å². The Kier molecular flexibility index (Phi) is 9.31. The number of anilines is 1. The molecule has 2 rings (SSSR count). The molecule has 1 aliphatic rings. The fourth-order valence-corrected chi connectivity index (χ4v) is 3.87. The normalized spacial score (nSPS) is 15.2. The van der Waals surface area contributed by atoms with Gasteiger partial charge in [0.2, 0.25) is 15.9 Å². The number of benzene rings is 1. The minimum atomic E-state index is -3.63. The fraction of sp³-hybridized carbons (Fsp3) is 0.562. The summed E-state index contributed by atoms with van der Waals surface area (Å²) in [7, 11) is -1.88. The van der Waals surface area contributed by atoms with E-state index in [0.717, 1.165) is 0 Å². The Morgan fingerprint density at radius 3 is 2.62 bits per heavy atom. The van der Waals surface area contributed by atoms with Gasteiger partial charge in [-0.15, -0.1) is 12.4 Å². The van der Waals surface area contributed by atoms with Crippen molar-refractivity contribution in [2.45, 2.75) is 18.2 Å². The van der Waals surface area contributed by atoms with Gasteiger partial charge in [-0.3, -0.25) is 4.79 Å². The molecule has 1 fully saturated rings. The molecule has 8 nitrogen and oxygen atoms in total. The molecule has 10 heteroatoms. The highest BCUT2D eigenvalue weighted by molar-refractivity contribution is 7.89. The molecule has 1 saturated heterocycles. The van der Waals surface area contributed by atoms with Crippen molar-refractivity contribution in [1.82, 2.24) is 9.62 Å². The molecular formula is C16H26ClN3O5S. The van der Waals surface area contributed by atoms with E-state index in [-0.39, 0.29) is 29.6 Å².